The molecule has 1 aromatic rings. The lowest BCUT2D eigenvalue weighted by Gasteiger charge is -2.39. The average Bonchev–Trinajstić information content (AvgIpc) is 2.83. The molecule has 0 fully saturated rings. The van der Waals surface area contributed by atoms with E-state index in [2.05, 4.69) is 34.6 Å². The first-order valence-corrected chi connectivity index (χ1v) is 14.1. The molecule has 0 radical (unpaired) electrons. The average molecular weight is 462 g/mol. The molecule has 192 valence electrons. The minimum atomic E-state index is -1.10. The lowest BCUT2D eigenvalue weighted by molar-refractivity contribution is -0.929. The monoisotopic (exact) mass is 461 g/mol. The normalized spacial score (nSPS) is 11.2. The molecule has 0 unspecified atom stereocenters. The quantitative estimate of drug-likeness (QED) is 0.157. The van der Waals surface area contributed by atoms with E-state index >= 15 is 0 Å². The molecule has 0 aliphatic rings. The van der Waals surface area contributed by atoms with E-state index in [0.29, 0.717) is 0 Å². The molecule has 0 saturated carbocycles. The van der Waals surface area contributed by atoms with E-state index in [-0.39, 0.29) is 5.56 Å². The molecule has 3 nitrogen and oxygen atoms in total. The molecule has 0 amide bonds. The maximum Gasteiger partial charge on any atom is 0.0786 e. The number of aromatic carboxylic acids is 1. The predicted molar refractivity (Wildman–Crippen MR) is 143 cm³/mol. The van der Waals surface area contributed by atoms with Crippen LogP contribution in [0.5, 0.6) is 0 Å². The summed E-state index contributed by atoms with van der Waals surface area (Å²) in [5.74, 6) is -1.10. The molecule has 0 heterocycles. The number of unbranched alkanes of at least 4 members (excludes halogenated alkanes) is 8. The van der Waals surface area contributed by atoms with E-state index in [1.807, 2.05) is 12.1 Å². The van der Waals surface area contributed by atoms with Crippen molar-refractivity contribution in [2.75, 3.05) is 26.2 Å². The van der Waals surface area contributed by atoms with Gasteiger partial charge in [0.1, 0.15) is 0 Å². The molecule has 0 aliphatic carbocycles. The van der Waals surface area contributed by atoms with Crippen molar-refractivity contribution >= 4 is 5.97 Å². The summed E-state index contributed by atoms with van der Waals surface area (Å²) in [6.07, 6.45) is 18.4. The highest BCUT2D eigenvalue weighted by atomic mass is 16.4. The molecule has 0 aromatic heterocycles. The zero-order valence-corrected chi connectivity index (χ0v) is 22.8. The van der Waals surface area contributed by atoms with Gasteiger partial charge < -0.3 is 14.4 Å². The van der Waals surface area contributed by atoms with Gasteiger partial charge in [0.25, 0.3) is 0 Å². The number of carboxylic acid groups (broad SMARTS) is 1. The Morgan fingerprint density at radius 3 is 1.36 bits per heavy atom. The van der Waals surface area contributed by atoms with Gasteiger partial charge in [-0.05, 0) is 49.7 Å². The molecule has 0 atom stereocenters. The van der Waals surface area contributed by atoms with E-state index in [1.54, 1.807) is 12.1 Å². The van der Waals surface area contributed by atoms with Crippen molar-refractivity contribution in [1.29, 1.82) is 0 Å². The Hall–Kier alpha value is -1.35. The van der Waals surface area contributed by atoms with Crippen LogP contribution >= 0.6 is 0 Å². The lowest BCUT2D eigenvalue weighted by Crippen LogP contribution is -2.50. The number of rotatable bonds is 19. The Kier molecular flexibility index (Phi) is 20.3. The van der Waals surface area contributed by atoms with Crippen LogP contribution in [0.25, 0.3) is 0 Å². The highest BCUT2D eigenvalue weighted by Gasteiger charge is 2.24. The maximum absolute atomic E-state index is 10.5. The van der Waals surface area contributed by atoms with Crippen molar-refractivity contribution in [2.45, 2.75) is 125 Å². The number of aryl methyl sites for hydroxylation is 1. The summed E-state index contributed by atoms with van der Waals surface area (Å²) in [6.45, 7) is 17.2. The molecular formula is C30H55NO2. The van der Waals surface area contributed by atoms with Gasteiger partial charge in [-0.1, -0.05) is 110 Å². The van der Waals surface area contributed by atoms with Crippen molar-refractivity contribution in [3.05, 3.63) is 35.4 Å². The highest BCUT2D eigenvalue weighted by molar-refractivity contribution is 5.85. The number of nitrogens with zero attached hydrogens (tertiary/aromatic N) is 1. The Labute approximate surface area is 206 Å². The first kappa shape index (κ1) is 31.6. The number of carboxylic acids is 1. The first-order valence-electron chi connectivity index (χ1n) is 14.1. The van der Waals surface area contributed by atoms with Crippen LogP contribution in [0.3, 0.4) is 0 Å². The number of carbonyl (C=O) groups is 1. The number of hydrogen-bond acceptors (Lipinski definition) is 2. The summed E-state index contributed by atoms with van der Waals surface area (Å²) in [7, 11) is 0. The van der Waals surface area contributed by atoms with E-state index < -0.39 is 5.97 Å². The summed E-state index contributed by atoms with van der Waals surface area (Å²) < 4.78 is 1.42. The fraction of sp³-hybridized carbons (Fsp3) is 0.767. The summed E-state index contributed by atoms with van der Waals surface area (Å²) in [4.78, 5) is 10.5. The lowest BCUT2D eigenvalue weighted by atomic mass is 10.0. The van der Waals surface area contributed by atoms with E-state index in [9.17, 15) is 9.90 Å². The molecule has 0 aliphatic heterocycles. The van der Waals surface area contributed by atoms with Crippen molar-refractivity contribution in [3.63, 3.8) is 0 Å². The van der Waals surface area contributed by atoms with Gasteiger partial charge in [-0.3, -0.25) is 0 Å². The molecular weight excluding hydrogens is 406 g/mol. The molecule has 0 spiro atoms. The fourth-order valence-corrected chi connectivity index (χ4v) is 4.39. The van der Waals surface area contributed by atoms with Crippen LogP contribution in [0.2, 0.25) is 0 Å². The minimum Gasteiger partial charge on any atom is -0.545 e. The Balaban J connectivity index is 0.000000621. The second-order valence-corrected chi connectivity index (χ2v) is 9.80. The molecule has 0 saturated heterocycles. The molecule has 0 N–H and O–H groups in total. The number of carbonyl (C=O) groups excluding carboxylic acids is 1. The van der Waals surface area contributed by atoms with Gasteiger partial charge in [0.2, 0.25) is 0 Å². The zero-order valence-electron chi connectivity index (χ0n) is 22.8. The largest absolute Gasteiger partial charge is 0.545 e. The highest BCUT2D eigenvalue weighted by Crippen LogP contribution is 2.16. The van der Waals surface area contributed by atoms with Crippen molar-refractivity contribution in [3.8, 4) is 0 Å². The summed E-state index contributed by atoms with van der Waals surface area (Å²) in [5, 5.41) is 10.5. The first-order chi connectivity index (χ1) is 16.0. The summed E-state index contributed by atoms with van der Waals surface area (Å²) >= 11 is 0. The SMILES string of the molecule is CCCCCCCc1ccc(C(=O)[O-])cc1.CCCC[N+](CCCC)(CCCC)CCCC. The van der Waals surface area contributed by atoms with Crippen LogP contribution in [-0.2, 0) is 6.42 Å². The van der Waals surface area contributed by atoms with E-state index in [4.69, 9.17) is 0 Å². The molecule has 33 heavy (non-hydrogen) atoms. The van der Waals surface area contributed by atoms with Crippen LogP contribution in [0.15, 0.2) is 24.3 Å². The van der Waals surface area contributed by atoms with E-state index in [1.165, 1.54) is 120 Å². The fourth-order valence-electron chi connectivity index (χ4n) is 4.39. The zero-order chi connectivity index (χ0) is 24.8. The van der Waals surface area contributed by atoms with Crippen molar-refractivity contribution < 1.29 is 14.4 Å². The maximum atomic E-state index is 10.5. The smallest absolute Gasteiger partial charge is 0.0786 e. The minimum absolute atomic E-state index is 0.259. The Morgan fingerprint density at radius 1 is 0.606 bits per heavy atom. The number of benzene rings is 1. The molecule has 1 aromatic carbocycles. The third-order valence-electron chi connectivity index (χ3n) is 6.70. The Morgan fingerprint density at radius 2 is 1.00 bits per heavy atom. The third-order valence-corrected chi connectivity index (χ3v) is 6.70. The number of quaternary nitrogens is 1. The van der Waals surface area contributed by atoms with E-state index in [0.717, 1.165) is 6.42 Å². The van der Waals surface area contributed by atoms with Gasteiger partial charge in [0.05, 0.1) is 32.1 Å². The van der Waals surface area contributed by atoms with Crippen LogP contribution < -0.4 is 5.11 Å². The topological polar surface area (TPSA) is 40.1 Å². The molecule has 0 bridgehead atoms. The van der Waals surface area contributed by atoms with Gasteiger partial charge in [-0.15, -0.1) is 0 Å². The molecule has 3 heteroatoms. The summed E-state index contributed by atoms with van der Waals surface area (Å²) in [6, 6.07) is 7.00. The third kappa shape index (κ3) is 16.0. The Bertz CT molecular complexity index is 530. The van der Waals surface area contributed by atoms with Gasteiger partial charge in [0.15, 0.2) is 0 Å². The van der Waals surface area contributed by atoms with Crippen LogP contribution in [0.1, 0.15) is 134 Å². The summed E-state index contributed by atoms with van der Waals surface area (Å²) in [5.41, 5.74) is 1.47. The van der Waals surface area contributed by atoms with Gasteiger partial charge in [-0.2, -0.15) is 0 Å². The van der Waals surface area contributed by atoms with Crippen LogP contribution in [-0.4, -0.2) is 36.6 Å². The molecule has 1 rings (SSSR count). The van der Waals surface area contributed by atoms with Crippen LogP contribution in [0.4, 0.5) is 0 Å². The van der Waals surface area contributed by atoms with Gasteiger partial charge in [-0.25, -0.2) is 0 Å². The predicted octanol–water partition coefficient (Wildman–Crippen LogP) is 7.57. The van der Waals surface area contributed by atoms with Crippen LogP contribution in [0, 0.1) is 0 Å². The van der Waals surface area contributed by atoms with Gasteiger partial charge in [0, 0.05) is 0 Å². The van der Waals surface area contributed by atoms with Crippen molar-refractivity contribution in [1.82, 2.24) is 0 Å². The standard InChI is InChI=1S/C16H36N.C14H20O2/c1-5-9-13-17(14-10-6-2,15-11-7-3)16-12-8-4;1-2-3-4-5-6-7-12-8-10-13(11-9-12)14(15)16/h5-16H2,1-4H3;8-11H,2-7H2,1H3,(H,15,16)/q+1;/p-1. The number of hydrogen-bond donors (Lipinski definition) is 0. The van der Waals surface area contributed by atoms with Crippen molar-refractivity contribution in [2.24, 2.45) is 0 Å². The second-order valence-electron chi connectivity index (χ2n) is 9.80. The van der Waals surface area contributed by atoms with Gasteiger partial charge >= 0.3 is 0 Å². The second kappa shape index (κ2) is 21.2.